The predicted molar refractivity (Wildman–Crippen MR) is 48.4 cm³/mol. The molecule has 0 atom stereocenters. The molecule has 0 aromatic rings. The van der Waals surface area contributed by atoms with Gasteiger partial charge in [-0.2, -0.15) is 5.26 Å². The van der Waals surface area contributed by atoms with Gasteiger partial charge in [-0.25, -0.2) is 0 Å². The van der Waals surface area contributed by atoms with Gasteiger partial charge in [-0.3, -0.25) is 4.79 Å². The summed E-state index contributed by atoms with van der Waals surface area (Å²) < 4.78 is 0. The van der Waals surface area contributed by atoms with Crippen molar-refractivity contribution in [2.24, 2.45) is 5.41 Å². The summed E-state index contributed by atoms with van der Waals surface area (Å²) in [6, 6.07) is 2.09. The van der Waals surface area contributed by atoms with Crippen LogP contribution < -0.4 is 0 Å². The van der Waals surface area contributed by atoms with Crippen molar-refractivity contribution in [3.63, 3.8) is 0 Å². The SMILES string of the molecule is C#CCN(C)C(=O)C1(C#N)CCC1. The Labute approximate surface area is 78.3 Å². The first-order chi connectivity index (χ1) is 6.16. The minimum atomic E-state index is -0.758. The fourth-order valence-corrected chi connectivity index (χ4v) is 1.48. The summed E-state index contributed by atoms with van der Waals surface area (Å²) in [4.78, 5) is 13.1. The van der Waals surface area contributed by atoms with Gasteiger partial charge in [-0.1, -0.05) is 5.92 Å². The lowest BCUT2D eigenvalue weighted by Gasteiger charge is -2.36. The summed E-state index contributed by atoms with van der Waals surface area (Å²) in [6.45, 7) is 0.280. The Balaban J connectivity index is 2.67. The Kier molecular flexibility index (Phi) is 2.58. The standard InChI is InChI=1S/C10H12N2O/c1-3-7-12(2)9(13)10(8-11)5-4-6-10/h1H,4-7H2,2H3. The van der Waals surface area contributed by atoms with Gasteiger partial charge in [0.25, 0.3) is 0 Å². The molecule has 13 heavy (non-hydrogen) atoms. The first-order valence-electron chi connectivity index (χ1n) is 4.26. The number of terminal acetylenes is 1. The van der Waals surface area contributed by atoms with Crippen LogP contribution in [0.3, 0.4) is 0 Å². The van der Waals surface area contributed by atoms with Crippen molar-refractivity contribution in [3.8, 4) is 18.4 Å². The molecule has 0 saturated heterocycles. The number of nitriles is 1. The van der Waals surface area contributed by atoms with E-state index in [1.807, 2.05) is 0 Å². The average Bonchev–Trinajstić information content (AvgIpc) is 2.03. The van der Waals surface area contributed by atoms with Crippen LogP contribution in [-0.2, 0) is 4.79 Å². The third-order valence-corrected chi connectivity index (χ3v) is 2.51. The van der Waals surface area contributed by atoms with Crippen LogP contribution in [0.2, 0.25) is 0 Å². The number of hydrogen-bond acceptors (Lipinski definition) is 2. The first-order valence-corrected chi connectivity index (χ1v) is 4.26. The quantitative estimate of drug-likeness (QED) is 0.583. The van der Waals surface area contributed by atoms with Gasteiger partial charge in [0.05, 0.1) is 12.6 Å². The second kappa shape index (κ2) is 3.49. The molecule has 0 N–H and O–H groups in total. The van der Waals surface area contributed by atoms with E-state index in [-0.39, 0.29) is 12.5 Å². The Bertz CT molecular complexity index is 291. The van der Waals surface area contributed by atoms with E-state index < -0.39 is 5.41 Å². The van der Waals surface area contributed by atoms with Crippen molar-refractivity contribution < 1.29 is 4.79 Å². The van der Waals surface area contributed by atoms with Gasteiger partial charge in [0.2, 0.25) is 5.91 Å². The Hall–Kier alpha value is -1.48. The molecule has 0 bridgehead atoms. The number of amides is 1. The predicted octanol–water partition coefficient (Wildman–Crippen LogP) is 0.772. The number of carbonyl (C=O) groups excluding carboxylic acids is 1. The van der Waals surface area contributed by atoms with E-state index in [9.17, 15) is 4.79 Å². The summed E-state index contributed by atoms with van der Waals surface area (Å²) in [5.74, 6) is 2.26. The molecule has 0 aliphatic heterocycles. The van der Waals surface area contributed by atoms with E-state index >= 15 is 0 Å². The zero-order valence-corrected chi connectivity index (χ0v) is 7.71. The van der Waals surface area contributed by atoms with E-state index in [2.05, 4.69) is 12.0 Å². The zero-order valence-electron chi connectivity index (χ0n) is 7.71. The second-order valence-electron chi connectivity index (χ2n) is 3.41. The molecule has 1 saturated carbocycles. The zero-order chi connectivity index (χ0) is 9.90. The lowest BCUT2D eigenvalue weighted by Crippen LogP contribution is -2.45. The van der Waals surface area contributed by atoms with Crippen molar-refractivity contribution in [1.82, 2.24) is 4.90 Å². The van der Waals surface area contributed by atoms with Gasteiger partial charge >= 0.3 is 0 Å². The van der Waals surface area contributed by atoms with Gasteiger partial charge in [-0.15, -0.1) is 6.42 Å². The molecule has 0 spiro atoms. The Morgan fingerprint density at radius 3 is 2.62 bits per heavy atom. The highest BCUT2D eigenvalue weighted by molar-refractivity contribution is 5.86. The molecule has 68 valence electrons. The normalized spacial score (nSPS) is 17.8. The molecule has 0 heterocycles. The van der Waals surface area contributed by atoms with Crippen LogP contribution in [0.15, 0.2) is 0 Å². The van der Waals surface area contributed by atoms with E-state index in [1.54, 1.807) is 7.05 Å². The maximum atomic E-state index is 11.7. The van der Waals surface area contributed by atoms with Crippen LogP contribution in [0.5, 0.6) is 0 Å². The number of hydrogen-bond donors (Lipinski definition) is 0. The third kappa shape index (κ3) is 1.51. The van der Waals surface area contributed by atoms with Gasteiger partial charge in [-0.05, 0) is 19.3 Å². The van der Waals surface area contributed by atoms with Gasteiger partial charge in [0, 0.05) is 7.05 Å². The molecule has 0 aromatic carbocycles. The van der Waals surface area contributed by atoms with Crippen molar-refractivity contribution in [2.75, 3.05) is 13.6 Å². The maximum Gasteiger partial charge on any atom is 0.243 e. The third-order valence-electron chi connectivity index (χ3n) is 2.51. The first kappa shape index (κ1) is 9.61. The fourth-order valence-electron chi connectivity index (χ4n) is 1.48. The minimum Gasteiger partial charge on any atom is -0.333 e. The van der Waals surface area contributed by atoms with Gasteiger partial charge < -0.3 is 4.90 Å². The topological polar surface area (TPSA) is 44.1 Å². The van der Waals surface area contributed by atoms with Crippen LogP contribution in [0.25, 0.3) is 0 Å². The van der Waals surface area contributed by atoms with Crippen LogP contribution in [0.1, 0.15) is 19.3 Å². The fraction of sp³-hybridized carbons (Fsp3) is 0.600. The number of nitrogens with zero attached hydrogens (tertiary/aromatic N) is 2. The molecular weight excluding hydrogens is 164 g/mol. The molecular formula is C10H12N2O. The van der Waals surface area contributed by atoms with Crippen LogP contribution in [0, 0.1) is 29.1 Å². The second-order valence-corrected chi connectivity index (χ2v) is 3.41. The van der Waals surface area contributed by atoms with Crippen molar-refractivity contribution in [2.45, 2.75) is 19.3 Å². The summed E-state index contributed by atoms with van der Waals surface area (Å²) in [5.41, 5.74) is -0.758. The summed E-state index contributed by atoms with van der Waals surface area (Å²) in [5, 5.41) is 8.87. The molecule has 1 fully saturated rings. The Morgan fingerprint density at radius 2 is 2.31 bits per heavy atom. The monoisotopic (exact) mass is 176 g/mol. The van der Waals surface area contributed by atoms with Gasteiger partial charge in [0.15, 0.2) is 0 Å². The van der Waals surface area contributed by atoms with Crippen molar-refractivity contribution >= 4 is 5.91 Å². The number of rotatable bonds is 2. The summed E-state index contributed by atoms with van der Waals surface area (Å²) >= 11 is 0. The van der Waals surface area contributed by atoms with Crippen LogP contribution in [-0.4, -0.2) is 24.4 Å². The molecule has 3 heteroatoms. The molecule has 1 aliphatic carbocycles. The molecule has 1 amide bonds. The van der Waals surface area contributed by atoms with E-state index in [4.69, 9.17) is 11.7 Å². The molecule has 0 radical (unpaired) electrons. The highest BCUT2D eigenvalue weighted by Gasteiger charge is 2.45. The van der Waals surface area contributed by atoms with Crippen LogP contribution >= 0.6 is 0 Å². The molecule has 0 aromatic heterocycles. The lowest BCUT2D eigenvalue weighted by atomic mass is 9.69. The summed E-state index contributed by atoms with van der Waals surface area (Å²) in [6.07, 6.45) is 7.40. The highest BCUT2D eigenvalue weighted by Crippen LogP contribution is 2.41. The minimum absolute atomic E-state index is 0.126. The summed E-state index contributed by atoms with van der Waals surface area (Å²) in [7, 11) is 1.64. The molecule has 3 nitrogen and oxygen atoms in total. The maximum absolute atomic E-state index is 11.7. The molecule has 1 rings (SSSR count). The highest BCUT2D eigenvalue weighted by atomic mass is 16.2. The van der Waals surface area contributed by atoms with E-state index in [0.717, 1.165) is 6.42 Å². The van der Waals surface area contributed by atoms with Crippen molar-refractivity contribution in [3.05, 3.63) is 0 Å². The van der Waals surface area contributed by atoms with Crippen LogP contribution in [0.4, 0.5) is 0 Å². The van der Waals surface area contributed by atoms with E-state index in [1.165, 1.54) is 4.90 Å². The lowest BCUT2D eigenvalue weighted by molar-refractivity contribution is -0.140. The largest absolute Gasteiger partial charge is 0.333 e. The Morgan fingerprint density at radius 1 is 1.69 bits per heavy atom. The average molecular weight is 176 g/mol. The van der Waals surface area contributed by atoms with Gasteiger partial charge in [0.1, 0.15) is 5.41 Å². The number of carbonyl (C=O) groups is 1. The molecule has 0 unspecified atom stereocenters. The van der Waals surface area contributed by atoms with E-state index in [0.29, 0.717) is 12.8 Å². The smallest absolute Gasteiger partial charge is 0.243 e. The molecule has 1 aliphatic rings. The van der Waals surface area contributed by atoms with Crippen molar-refractivity contribution in [1.29, 1.82) is 5.26 Å².